The van der Waals surface area contributed by atoms with Gasteiger partial charge in [0.1, 0.15) is 6.04 Å². The number of amides is 1. The lowest BCUT2D eigenvalue weighted by molar-refractivity contribution is -0.142. The van der Waals surface area contributed by atoms with E-state index in [9.17, 15) is 9.59 Å². The predicted molar refractivity (Wildman–Crippen MR) is 92.5 cm³/mol. The zero-order valence-corrected chi connectivity index (χ0v) is 14.0. The van der Waals surface area contributed by atoms with Crippen molar-refractivity contribution in [3.8, 4) is 5.69 Å². The summed E-state index contributed by atoms with van der Waals surface area (Å²) in [5.74, 6) is -0.984. The van der Waals surface area contributed by atoms with Crippen LogP contribution in [0.4, 0.5) is 0 Å². The molecule has 1 unspecified atom stereocenters. The van der Waals surface area contributed by atoms with Gasteiger partial charge in [-0.05, 0) is 43.5 Å². The van der Waals surface area contributed by atoms with Gasteiger partial charge in [-0.2, -0.15) is 5.10 Å². The number of para-hydroxylation sites is 1. The van der Waals surface area contributed by atoms with Crippen molar-refractivity contribution in [2.45, 2.75) is 25.3 Å². The fourth-order valence-electron chi connectivity index (χ4n) is 3.09. The van der Waals surface area contributed by atoms with Crippen LogP contribution in [0.5, 0.6) is 0 Å². The molecule has 1 aliphatic rings. The lowest BCUT2D eigenvalue weighted by Crippen LogP contribution is -2.43. The molecule has 1 aliphatic heterocycles. The molecule has 1 atom stereocenters. The van der Waals surface area contributed by atoms with Crippen molar-refractivity contribution < 1.29 is 14.7 Å². The summed E-state index contributed by atoms with van der Waals surface area (Å²) in [5.41, 5.74) is 2.03. The molecule has 1 aromatic heterocycles. The smallest absolute Gasteiger partial charge is 0.320 e. The molecule has 1 amide bonds. The largest absolute Gasteiger partial charge is 0.480 e. The van der Waals surface area contributed by atoms with Gasteiger partial charge in [-0.15, -0.1) is 0 Å². The van der Waals surface area contributed by atoms with Crippen molar-refractivity contribution in [2.24, 2.45) is 0 Å². The van der Waals surface area contributed by atoms with Gasteiger partial charge in [-0.25, -0.2) is 4.68 Å². The molecule has 7 heteroatoms. The third-order valence-corrected chi connectivity index (χ3v) is 4.39. The SMILES string of the molecule is O=C(CN1CCCC1C(=O)O)NCCc1cnn(-c2ccccc2)c1. The number of likely N-dealkylation sites (tertiary alicyclic amines) is 1. The van der Waals surface area contributed by atoms with Gasteiger partial charge in [-0.1, -0.05) is 18.2 Å². The minimum atomic E-state index is -0.848. The van der Waals surface area contributed by atoms with Crippen molar-refractivity contribution in [2.75, 3.05) is 19.6 Å². The molecule has 0 spiro atoms. The standard InChI is InChI=1S/C18H22N4O3/c23-17(13-21-10-4-7-16(21)18(24)25)19-9-8-14-11-20-22(12-14)15-5-2-1-3-6-15/h1-3,5-6,11-12,16H,4,7-10,13H2,(H,19,23)(H,24,25). The zero-order valence-electron chi connectivity index (χ0n) is 14.0. The van der Waals surface area contributed by atoms with Crippen LogP contribution in [-0.4, -0.2) is 57.3 Å². The second-order valence-corrected chi connectivity index (χ2v) is 6.20. The Morgan fingerprint density at radius 3 is 2.84 bits per heavy atom. The fraction of sp³-hybridized carbons (Fsp3) is 0.389. The molecule has 7 nitrogen and oxygen atoms in total. The molecule has 0 saturated carbocycles. The van der Waals surface area contributed by atoms with E-state index in [0.29, 0.717) is 25.9 Å². The summed E-state index contributed by atoms with van der Waals surface area (Å²) >= 11 is 0. The molecule has 132 valence electrons. The first-order chi connectivity index (χ1) is 12.1. The number of aliphatic carboxylic acids is 1. The first-order valence-corrected chi connectivity index (χ1v) is 8.46. The summed E-state index contributed by atoms with van der Waals surface area (Å²) in [7, 11) is 0. The van der Waals surface area contributed by atoms with Crippen LogP contribution in [0.3, 0.4) is 0 Å². The Labute approximate surface area is 146 Å². The quantitative estimate of drug-likeness (QED) is 0.786. The number of nitrogens with one attached hydrogen (secondary N) is 1. The fourth-order valence-corrected chi connectivity index (χ4v) is 3.09. The highest BCUT2D eigenvalue weighted by Gasteiger charge is 2.31. The number of rotatable bonds is 7. The molecule has 2 N–H and O–H groups in total. The molecule has 25 heavy (non-hydrogen) atoms. The lowest BCUT2D eigenvalue weighted by atomic mass is 10.2. The van der Waals surface area contributed by atoms with Crippen LogP contribution in [0.2, 0.25) is 0 Å². The third-order valence-electron chi connectivity index (χ3n) is 4.39. The normalized spacial score (nSPS) is 17.5. The Bertz CT molecular complexity index is 729. The second kappa shape index (κ2) is 7.94. The van der Waals surface area contributed by atoms with Crippen LogP contribution in [0.15, 0.2) is 42.7 Å². The Hall–Kier alpha value is -2.67. The van der Waals surface area contributed by atoms with Crippen molar-refractivity contribution in [1.29, 1.82) is 0 Å². The Kier molecular flexibility index (Phi) is 5.45. The average Bonchev–Trinajstić information content (AvgIpc) is 3.25. The second-order valence-electron chi connectivity index (χ2n) is 6.20. The van der Waals surface area contributed by atoms with Gasteiger partial charge >= 0.3 is 5.97 Å². The number of nitrogens with zero attached hydrogens (tertiary/aromatic N) is 3. The number of aromatic nitrogens is 2. The molecular formula is C18H22N4O3. The first-order valence-electron chi connectivity index (χ1n) is 8.46. The highest BCUT2D eigenvalue weighted by atomic mass is 16.4. The third kappa shape index (κ3) is 4.45. The Balaban J connectivity index is 1.44. The van der Waals surface area contributed by atoms with Crippen LogP contribution in [-0.2, 0) is 16.0 Å². The molecule has 2 heterocycles. The molecule has 1 saturated heterocycles. The van der Waals surface area contributed by atoms with Crippen molar-refractivity contribution in [3.05, 3.63) is 48.3 Å². The predicted octanol–water partition coefficient (Wildman–Crippen LogP) is 1.08. The van der Waals surface area contributed by atoms with Crippen molar-refractivity contribution in [1.82, 2.24) is 20.0 Å². The maximum atomic E-state index is 12.0. The monoisotopic (exact) mass is 342 g/mol. The molecule has 2 aromatic rings. The summed E-state index contributed by atoms with van der Waals surface area (Å²) in [6, 6.07) is 9.30. The van der Waals surface area contributed by atoms with Crippen LogP contribution in [0, 0.1) is 0 Å². The average molecular weight is 342 g/mol. The van der Waals surface area contributed by atoms with Crippen LogP contribution >= 0.6 is 0 Å². The van der Waals surface area contributed by atoms with Gasteiger partial charge < -0.3 is 10.4 Å². The van der Waals surface area contributed by atoms with Gasteiger partial charge in [-0.3, -0.25) is 14.5 Å². The lowest BCUT2D eigenvalue weighted by Gasteiger charge is -2.20. The number of hydrogen-bond donors (Lipinski definition) is 2. The number of carboxylic acid groups (broad SMARTS) is 1. The summed E-state index contributed by atoms with van der Waals surface area (Å²) in [6.45, 7) is 1.30. The number of hydrogen-bond acceptors (Lipinski definition) is 4. The van der Waals surface area contributed by atoms with E-state index in [0.717, 1.165) is 17.7 Å². The van der Waals surface area contributed by atoms with E-state index in [-0.39, 0.29) is 12.5 Å². The number of carbonyl (C=O) groups excluding carboxylic acids is 1. The van der Waals surface area contributed by atoms with E-state index in [1.807, 2.05) is 36.5 Å². The maximum absolute atomic E-state index is 12.0. The highest BCUT2D eigenvalue weighted by molar-refractivity contribution is 5.80. The van der Waals surface area contributed by atoms with E-state index in [4.69, 9.17) is 5.11 Å². The van der Waals surface area contributed by atoms with Crippen LogP contribution < -0.4 is 5.32 Å². The topological polar surface area (TPSA) is 87.5 Å². The number of benzene rings is 1. The minimum Gasteiger partial charge on any atom is -0.480 e. The van der Waals surface area contributed by atoms with Crippen molar-refractivity contribution in [3.63, 3.8) is 0 Å². The molecule has 0 aliphatic carbocycles. The summed E-state index contributed by atoms with van der Waals surface area (Å²) in [4.78, 5) is 24.9. The van der Waals surface area contributed by atoms with E-state index in [1.54, 1.807) is 15.8 Å². The summed E-state index contributed by atoms with van der Waals surface area (Å²) in [6.07, 6.45) is 5.85. The number of carboxylic acids is 1. The van der Waals surface area contributed by atoms with Gasteiger partial charge in [0.25, 0.3) is 0 Å². The molecule has 0 radical (unpaired) electrons. The molecule has 1 fully saturated rings. The van der Waals surface area contributed by atoms with Crippen molar-refractivity contribution >= 4 is 11.9 Å². The maximum Gasteiger partial charge on any atom is 0.320 e. The van der Waals surface area contributed by atoms with Crippen LogP contribution in [0.1, 0.15) is 18.4 Å². The molecule has 1 aromatic carbocycles. The zero-order chi connectivity index (χ0) is 17.6. The van der Waals surface area contributed by atoms with Crippen LogP contribution in [0.25, 0.3) is 5.69 Å². The highest BCUT2D eigenvalue weighted by Crippen LogP contribution is 2.16. The summed E-state index contributed by atoms with van der Waals surface area (Å²) in [5, 5.41) is 16.3. The molecular weight excluding hydrogens is 320 g/mol. The molecule has 3 rings (SSSR count). The first kappa shape index (κ1) is 17.2. The van der Waals surface area contributed by atoms with E-state index < -0.39 is 12.0 Å². The van der Waals surface area contributed by atoms with Gasteiger partial charge in [0, 0.05) is 12.7 Å². The minimum absolute atomic E-state index is 0.136. The molecule has 0 bridgehead atoms. The van der Waals surface area contributed by atoms with E-state index in [1.165, 1.54) is 0 Å². The van der Waals surface area contributed by atoms with E-state index >= 15 is 0 Å². The Morgan fingerprint density at radius 1 is 1.28 bits per heavy atom. The van der Waals surface area contributed by atoms with Gasteiger partial charge in [0.05, 0.1) is 18.4 Å². The van der Waals surface area contributed by atoms with Gasteiger partial charge in [0.2, 0.25) is 5.91 Å². The Morgan fingerprint density at radius 2 is 2.08 bits per heavy atom. The van der Waals surface area contributed by atoms with E-state index in [2.05, 4.69) is 10.4 Å². The number of carbonyl (C=O) groups is 2. The van der Waals surface area contributed by atoms with Gasteiger partial charge in [0.15, 0.2) is 0 Å². The summed E-state index contributed by atoms with van der Waals surface area (Å²) < 4.78 is 1.80.